The van der Waals surface area contributed by atoms with Crippen molar-refractivity contribution in [3.63, 3.8) is 0 Å². The van der Waals surface area contributed by atoms with Crippen molar-refractivity contribution >= 4 is 17.5 Å². The lowest BCUT2D eigenvalue weighted by Crippen LogP contribution is -2.39. The molecule has 0 bridgehead atoms. The van der Waals surface area contributed by atoms with E-state index in [4.69, 9.17) is 4.74 Å². The van der Waals surface area contributed by atoms with Crippen molar-refractivity contribution < 1.29 is 14.3 Å². The highest BCUT2D eigenvalue weighted by Crippen LogP contribution is 2.49. The monoisotopic (exact) mass is 469 g/mol. The number of fused-ring (bicyclic) bond motifs is 1. The van der Waals surface area contributed by atoms with Crippen LogP contribution in [-0.4, -0.2) is 53.7 Å². The molecule has 1 saturated carbocycles. The maximum atomic E-state index is 13.7. The summed E-state index contributed by atoms with van der Waals surface area (Å²) in [6, 6.07) is 17.5. The lowest BCUT2D eigenvalue weighted by molar-refractivity contribution is -0.127. The van der Waals surface area contributed by atoms with Crippen LogP contribution in [0.1, 0.15) is 47.1 Å². The number of benzene rings is 2. The second-order valence-corrected chi connectivity index (χ2v) is 9.31. The van der Waals surface area contributed by atoms with Gasteiger partial charge in [0.2, 0.25) is 5.91 Å². The van der Waals surface area contributed by atoms with E-state index in [-0.39, 0.29) is 22.9 Å². The Morgan fingerprint density at radius 1 is 1.14 bits per heavy atom. The first-order chi connectivity index (χ1) is 16.9. The van der Waals surface area contributed by atoms with Crippen LogP contribution in [0.5, 0.6) is 5.75 Å². The highest BCUT2D eigenvalue weighted by atomic mass is 16.5. The second-order valence-electron chi connectivity index (χ2n) is 9.31. The molecule has 0 spiro atoms. The first-order valence-corrected chi connectivity index (χ1v) is 11.7. The zero-order chi connectivity index (χ0) is 24.7. The molecule has 2 amide bonds. The zero-order valence-electron chi connectivity index (χ0n) is 20.1. The highest BCUT2D eigenvalue weighted by molar-refractivity contribution is 6.07. The predicted molar refractivity (Wildman–Crippen MR) is 131 cm³/mol. The third-order valence-electron chi connectivity index (χ3n) is 7.16. The number of aromatic nitrogens is 2. The van der Waals surface area contributed by atoms with Gasteiger partial charge in [-0.05, 0) is 61.2 Å². The molecule has 2 aromatic carbocycles. The summed E-state index contributed by atoms with van der Waals surface area (Å²) in [7, 11) is 3.43. The predicted octanol–water partition coefficient (Wildman–Crippen LogP) is 3.47. The summed E-state index contributed by atoms with van der Waals surface area (Å²) in [4.78, 5) is 28.9. The third-order valence-corrected chi connectivity index (χ3v) is 7.16. The van der Waals surface area contributed by atoms with E-state index in [1.165, 1.54) is 5.56 Å². The largest absolute Gasteiger partial charge is 0.497 e. The molecule has 1 aliphatic heterocycles. The molecule has 3 aromatic rings. The molecule has 0 atom stereocenters. The fourth-order valence-corrected chi connectivity index (χ4v) is 4.86. The summed E-state index contributed by atoms with van der Waals surface area (Å²) >= 11 is 0. The van der Waals surface area contributed by atoms with Crippen molar-refractivity contribution in [3.8, 4) is 17.5 Å². The number of carbonyl (C=O) groups is 2. The molecule has 178 valence electrons. The smallest absolute Gasteiger partial charge is 0.277 e. The molecule has 0 saturated heterocycles. The van der Waals surface area contributed by atoms with Gasteiger partial charge in [0.05, 0.1) is 12.8 Å². The Hall–Kier alpha value is -4.12. The van der Waals surface area contributed by atoms with E-state index in [9.17, 15) is 14.9 Å². The maximum Gasteiger partial charge on any atom is 0.277 e. The molecule has 1 aromatic heterocycles. The minimum Gasteiger partial charge on any atom is -0.497 e. The molecule has 2 heterocycles. The van der Waals surface area contributed by atoms with E-state index in [1.54, 1.807) is 40.6 Å². The molecule has 0 N–H and O–H groups in total. The lowest BCUT2D eigenvalue weighted by atomic mass is 9.94. The van der Waals surface area contributed by atoms with Gasteiger partial charge in [-0.1, -0.05) is 12.1 Å². The SMILES string of the molecule is COc1ccc(-n2nc(C#N)c3c2C(=O)N(c2ccc(C4(CN(C)C(C)=O)CC4)cc2)CC3)cc1. The zero-order valence-corrected chi connectivity index (χ0v) is 20.1. The van der Waals surface area contributed by atoms with Crippen LogP contribution in [0.25, 0.3) is 5.69 Å². The van der Waals surface area contributed by atoms with Crippen molar-refractivity contribution in [1.82, 2.24) is 14.7 Å². The average molecular weight is 470 g/mol. The van der Waals surface area contributed by atoms with Crippen molar-refractivity contribution in [2.24, 2.45) is 0 Å². The van der Waals surface area contributed by atoms with Crippen LogP contribution in [0.15, 0.2) is 48.5 Å². The van der Waals surface area contributed by atoms with Crippen LogP contribution in [0.2, 0.25) is 0 Å². The van der Waals surface area contributed by atoms with Crippen LogP contribution >= 0.6 is 0 Å². The number of carbonyl (C=O) groups excluding carboxylic acids is 2. The van der Waals surface area contributed by atoms with Crippen LogP contribution in [0.4, 0.5) is 5.69 Å². The molecule has 8 nitrogen and oxygen atoms in total. The van der Waals surface area contributed by atoms with E-state index >= 15 is 0 Å². The molecule has 1 aliphatic carbocycles. The van der Waals surface area contributed by atoms with Crippen LogP contribution < -0.4 is 9.64 Å². The van der Waals surface area contributed by atoms with E-state index < -0.39 is 0 Å². The molecule has 0 radical (unpaired) electrons. The number of anilines is 1. The Labute approximate surface area is 204 Å². The Morgan fingerprint density at radius 3 is 2.37 bits per heavy atom. The number of hydrogen-bond donors (Lipinski definition) is 0. The summed E-state index contributed by atoms with van der Waals surface area (Å²) < 4.78 is 6.80. The van der Waals surface area contributed by atoms with E-state index in [2.05, 4.69) is 23.3 Å². The first kappa shape index (κ1) is 22.7. The van der Waals surface area contributed by atoms with Gasteiger partial charge in [0.15, 0.2) is 5.69 Å². The van der Waals surface area contributed by atoms with Gasteiger partial charge in [-0.3, -0.25) is 9.59 Å². The second kappa shape index (κ2) is 8.58. The van der Waals surface area contributed by atoms with Gasteiger partial charge in [-0.15, -0.1) is 0 Å². The highest BCUT2D eigenvalue weighted by Gasteiger charge is 2.45. The molecule has 2 aliphatic rings. The van der Waals surface area contributed by atoms with Crippen molar-refractivity contribution in [2.75, 3.05) is 32.1 Å². The third kappa shape index (κ3) is 3.93. The Kier molecular flexibility index (Phi) is 5.56. The summed E-state index contributed by atoms with van der Waals surface area (Å²) in [5, 5.41) is 14.1. The number of rotatable bonds is 6. The van der Waals surface area contributed by atoms with Gasteiger partial charge in [-0.2, -0.15) is 10.4 Å². The fraction of sp³-hybridized carbons (Fsp3) is 0.333. The molecule has 1 fully saturated rings. The van der Waals surface area contributed by atoms with Gasteiger partial charge in [-0.25, -0.2) is 4.68 Å². The molecular formula is C27H27N5O3. The van der Waals surface area contributed by atoms with Crippen molar-refractivity contribution in [3.05, 3.63) is 71.0 Å². The lowest BCUT2D eigenvalue weighted by Gasteiger charge is -2.28. The normalized spacial score (nSPS) is 15.8. The topological polar surface area (TPSA) is 91.5 Å². The molecule has 5 rings (SSSR count). The van der Waals surface area contributed by atoms with Gasteiger partial charge in [0, 0.05) is 43.7 Å². The number of hydrogen-bond acceptors (Lipinski definition) is 5. The van der Waals surface area contributed by atoms with Gasteiger partial charge in [0.25, 0.3) is 5.91 Å². The fourth-order valence-electron chi connectivity index (χ4n) is 4.86. The standard InChI is InChI=1S/C27H27N5O3/c1-18(33)30(2)17-27(13-14-27)19-4-6-20(7-5-19)31-15-12-23-24(16-28)29-32(25(23)26(31)34)21-8-10-22(35-3)11-9-21/h4-11H,12-15,17H2,1-3H3. The first-order valence-electron chi connectivity index (χ1n) is 11.7. The van der Waals surface area contributed by atoms with E-state index in [0.717, 1.165) is 18.5 Å². The van der Waals surface area contributed by atoms with E-state index in [1.807, 2.05) is 31.3 Å². The number of amides is 2. The molecule has 35 heavy (non-hydrogen) atoms. The number of methoxy groups -OCH3 is 1. The van der Waals surface area contributed by atoms with Crippen LogP contribution in [-0.2, 0) is 16.6 Å². The quantitative estimate of drug-likeness (QED) is 0.551. The number of nitriles is 1. The Balaban J connectivity index is 1.44. The van der Waals surface area contributed by atoms with Gasteiger partial charge >= 0.3 is 0 Å². The van der Waals surface area contributed by atoms with Crippen LogP contribution in [0.3, 0.4) is 0 Å². The molecular weight excluding hydrogens is 442 g/mol. The van der Waals surface area contributed by atoms with E-state index in [0.29, 0.717) is 42.2 Å². The van der Waals surface area contributed by atoms with Crippen molar-refractivity contribution in [1.29, 1.82) is 5.26 Å². The Morgan fingerprint density at radius 2 is 1.80 bits per heavy atom. The minimum absolute atomic E-state index is 0.00666. The van der Waals surface area contributed by atoms with Crippen molar-refractivity contribution in [2.45, 2.75) is 31.6 Å². The molecule has 0 unspecified atom stereocenters. The summed E-state index contributed by atoms with van der Waals surface area (Å²) in [5.74, 6) is 0.584. The minimum atomic E-state index is -0.179. The summed E-state index contributed by atoms with van der Waals surface area (Å²) in [5.41, 5.74) is 4.08. The maximum absolute atomic E-state index is 13.7. The molecule has 8 heteroatoms. The number of nitrogens with zero attached hydrogens (tertiary/aromatic N) is 5. The van der Waals surface area contributed by atoms with Gasteiger partial charge in [0.1, 0.15) is 17.5 Å². The Bertz CT molecular complexity index is 1330. The summed E-state index contributed by atoms with van der Waals surface area (Å²) in [6.45, 7) is 2.77. The van der Waals surface area contributed by atoms with Gasteiger partial charge < -0.3 is 14.5 Å². The number of ether oxygens (including phenoxy) is 1. The number of likely N-dealkylation sites (N-methyl/N-ethyl adjacent to an activating group) is 1. The van der Waals surface area contributed by atoms with Crippen LogP contribution in [0, 0.1) is 11.3 Å². The average Bonchev–Trinajstić information content (AvgIpc) is 3.56. The summed E-state index contributed by atoms with van der Waals surface area (Å²) in [6.07, 6.45) is 2.65.